The average molecular weight is 744 g/mol. The number of halogens is 12. The van der Waals surface area contributed by atoms with Crippen LogP contribution in [0.15, 0.2) is 48.5 Å². The van der Waals surface area contributed by atoms with Gasteiger partial charge in [0.1, 0.15) is 11.4 Å². The highest BCUT2D eigenvalue weighted by Crippen LogP contribution is 2.40. The lowest BCUT2D eigenvalue weighted by Crippen LogP contribution is -2.49. The maximum Gasteiger partial charge on any atom is 0.433 e. The standard InChI is InChI=1S/C32H29F12N5O2/c33-29(34,35)21-5-1-3-17-19(13-25(31(39,40)41)46-27(17)21)23(50)15-45-7-8-48-9-11-49(12-10-48)16-24(51)20-14-26(32(42,43)44)47-28-18(20)4-2-6-22(28)30(36,37)38/h1-6,13-14,23-24,45,50-51H,7-12,15-16H2/t23-,24-/m1/s1. The van der Waals surface area contributed by atoms with Gasteiger partial charge in [0.15, 0.2) is 0 Å². The Morgan fingerprint density at radius 2 is 1.04 bits per heavy atom. The van der Waals surface area contributed by atoms with Crippen molar-refractivity contribution in [2.45, 2.75) is 36.9 Å². The van der Waals surface area contributed by atoms with Gasteiger partial charge in [0.25, 0.3) is 0 Å². The molecule has 2 atom stereocenters. The van der Waals surface area contributed by atoms with Crippen molar-refractivity contribution < 1.29 is 62.9 Å². The van der Waals surface area contributed by atoms with E-state index in [0.29, 0.717) is 57.0 Å². The van der Waals surface area contributed by atoms with Gasteiger partial charge < -0.3 is 15.5 Å². The molecule has 1 aliphatic heterocycles. The number of hydrogen-bond donors (Lipinski definition) is 3. The van der Waals surface area contributed by atoms with Gasteiger partial charge in [-0.2, -0.15) is 52.7 Å². The van der Waals surface area contributed by atoms with Crippen LogP contribution in [0.5, 0.6) is 0 Å². The number of fused-ring (bicyclic) bond motifs is 2. The maximum absolute atomic E-state index is 13.6. The van der Waals surface area contributed by atoms with E-state index in [9.17, 15) is 62.9 Å². The van der Waals surface area contributed by atoms with Crippen LogP contribution >= 0.6 is 0 Å². The first kappa shape index (κ1) is 38.5. The van der Waals surface area contributed by atoms with Gasteiger partial charge in [0.2, 0.25) is 0 Å². The normalized spacial score (nSPS) is 17.0. The fourth-order valence-corrected chi connectivity index (χ4v) is 5.97. The monoisotopic (exact) mass is 743 g/mol. The number of piperazine rings is 1. The summed E-state index contributed by atoms with van der Waals surface area (Å²) in [5.74, 6) is 0. The van der Waals surface area contributed by atoms with Gasteiger partial charge in [-0.15, -0.1) is 0 Å². The van der Waals surface area contributed by atoms with Crippen LogP contribution in [0.25, 0.3) is 21.8 Å². The van der Waals surface area contributed by atoms with E-state index in [4.69, 9.17) is 0 Å². The van der Waals surface area contributed by atoms with Gasteiger partial charge in [0.05, 0.1) is 34.4 Å². The Balaban J connectivity index is 1.19. The fraction of sp³-hybridized carbons (Fsp3) is 0.438. The van der Waals surface area contributed by atoms with Gasteiger partial charge in [0, 0.05) is 63.1 Å². The second kappa shape index (κ2) is 14.3. The number of aromatic nitrogens is 2. The minimum atomic E-state index is -5.08. The Bertz CT molecular complexity index is 1850. The van der Waals surface area contributed by atoms with E-state index in [1.54, 1.807) is 4.90 Å². The molecule has 19 heteroatoms. The number of pyridine rings is 2. The number of para-hydroxylation sites is 2. The van der Waals surface area contributed by atoms with E-state index in [1.165, 1.54) is 0 Å². The van der Waals surface area contributed by atoms with Crippen LogP contribution in [0.3, 0.4) is 0 Å². The zero-order chi connectivity index (χ0) is 37.5. The second-order valence-electron chi connectivity index (χ2n) is 12.0. The molecule has 0 unspecified atom stereocenters. The summed E-state index contributed by atoms with van der Waals surface area (Å²) in [4.78, 5) is 10.1. The first-order valence-corrected chi connectivity index (χ1v) is 15.3. The molecule has 2 aromatic heterocycles. The van der Waals surface area contributed by atoms with Gasteiger partial charge in [-0.05, 0) is 35.4 Å². The van der Waals surface area contributed by atoms with E-state index in [-0.39, 0.29) is 36.0 Å². The van der Waals surface area contributed by atoms with Gasteiger partial charge >= 0.3 is 24.7 Å². The Morgan fingerprint density at radius 1 is 0.608 bits per heavy atom. The number of hydrogen-bond acceptors (Lipinski definition) is 7. The van der Waals surface area contributed by atoms with Crippen LogP contribution in [-0.4, -0.2) is 82.3 Å². The predicted octanol–water partition coefficient (Wildman–Crippen LogP) is 6.83. The number of aliphatic hydroxyl groups is 2. The molecule has 0 radical (unpaired) electrons. The minimum Gasteiger partial charge on any atom is -0.387 e. The zero-order valence-corrected chi connectivity index (χ0v) is 26.1. The molecular weight excluding hydrogens is 714 g/mol. The fourth-order valence-electron chi connectivity index (χ4n) is 5.97. The molecule has 4 aromatic rings. The second-order valence-corrected chi connectivity index (χ2v) is 12.0. The number of nitrogens with one attached hydrogen (secondary N) is 1. The molecule has 0 saturated carbocycles. The Kier molecular flexibility index (Phi) is 10.8. The molecule has 51 heavy (non-hydrogen) atoms. The molecule has 0 amide bonds. The quantitative estimate of drug-likeness (QED) is 0.128. The van der Waals surface area contributed by atoms with Crippen LogP contribution in [-0.2, 0) is 24.7 Å². The molecule has 278 valence electrons. The Hall–Kier alpha value is -3.78. The predicted molar refractivity (Wildman–Crippen MR) is 159 cm³/mol. The number of rotatable bonds is 9. The smallest absolute Gasteiger partial charge is 0.387 e. The molecule has 5 rings (SSSR count). The third kappa shape index (κ3) is 8.82. The van der Waals surface area contributed by atoms with Crippen LogP contribution in [0, 0.1) is 0 Å². The van der Waals surface area contributed by atoms with E-state index in [0.717, 1.165) is 24.3 Å². The number of nitrogens with zero attached hydrogens (tertiary/aromatic N) is 4. The van der Waals surface area contributed by atoms with Crippen LogP contribution in [0.1, 0.15) is 45.8 Å². The van der Waals surface area contributed by atoms with Crippen LogP contribution in [0.4, 0.5) is 52.7 Å². The summed E-state index contributed by atoms with van der Waals surface area (Å²) in [6.07, 6.45) is -23.4. The summed E-state index contributed by atoms with van der Waals surface area (Å²) >= 11 is 0. The van der Waals surface area contributed by atoms with Crippen molar-refractivity contribution in [2.24, 2.45) is 0 Å². The third-order valence-electron chi connectivity index (χ3n) is 8.49. The molecule has 0 spiro atoms. The average Bonchev–Trinajstić information content (AvgIpc) is 3.03. The van der Waals surface area contributed by atoms with E-state index >= 15 is 0 Å². The molecule has 1 fully saturated rings. The lowest BCUT2D eigenvalue weighted by atomic mass is 9.99. The Labute approximate surface area is 281 Å². The van der Waals surface area contributed by atoms with Gasteiger partial charge in [-0.1, -0.05) is 24.3 Å². The third-order valence-corrected chi connectivity index (χ3v) is 8.49. The molecule has 3 N–H and O–H groups in total. The molecule has 1 saturated heterocycles. The molecule has 0 aliphatic carbocycles. The van der Waals surface area contributed by atoms with Crippen molar-refractivity contribution in [1.82, 2.24) is 25.1 Å². The summed E-state index contributed by atoms with van der Waals surface area (Å²) in [5, 5.41) is 24.0. The molecular formula is C32H29F12N5O2. The summed E-state index contributed by atoms with van der Waals surface area (Å²) < 4.78 is 163. The van der Waals surface area contributed by atoms with Crippen LogP contribution in [0.2, 0.25) is 0 Å². The number of β-amino-alcohol motifs (C(OH)–C–C–N with tert-alkyl or cyclic N) is 1. The number of aliphatic hydroxyl groups excluding tert-OH is 2. The lowest BCUT2D eigenvalue weighted by Gasteiger charge is -2.36. The maximum atomic E-state index is 13.6. The van der Waals surface area contributed by atoms with Crippen molar-refractivity contribution in [3.05, 3.63) is 82.2 Å². The molecule has 1 aliphatic rings. The number of alkyl halides is 12. The summed E-state index contributed by atoms with van der Waals surface area (Å²) in [7, 11) is 0. The van der Waals surface area contributed by atoms with Crippen molar-refractivity contribution in [3.8, 4) is 0 Å². The van der Waals surface area contributed by atoms with Crippen molar-refractivity contribution in [1.29, 1.82) is 0 Å². The minimum absolute atomic E-state index is 0.194. The first-order valence-electron chi connectivity index (χ1n) is 15.3. The van der Waals surface area contributed by atoms with Gasteiger partial charge in [-0.3, -0.25) is 9.80 Å². The van der Waals surface area contributed by atoms with Crippen molar-refractivity contribution in [3.63, 3.8) is 0 Å². The van der Waals surface area contributed by atoms with E-state index < -0.39 is 76.0 Å². The topological polar surface area (TPSA) is 84.8 Å². The first-order chi connectivity index (χ1) is 23.6. The van der Waals surface area contributed by atoms with E-state index in [2.05, 4.69) is 15.3 Å². The molecule has 0 bridgehead atoms. The molecule has 3 heterocycles. The molecule has 2 aromatic carbocycles. The Morgan fingerprint density at radius 3 is 1.47 bits per heavy atom. The summed E-state index contributed by atoms with van der Waals surface area (Å²) in [6.45, 7) is 1.47. The largest absolute Gasteiger partial charge is 0.433 e. The molecule has 7 nitrogen and oxygen atoms in total. The lowest BCUT2D eigenvalue weighted by molar-refractivity contribution is -0.142. The summed E-state index contributed by atoms with van der Waals surface area (Å²) in [6, 6.07) is 6.58. The van der Waals surface area contributed by atoms with Crippen molar-refractivity contribution >= 4 is 21.8 Å². The van der Waals surface area contributed by atoms with Crippen LogP contribution < -0.4 is 5.32 Å². The number of benzene rings is 2. The highest BCUT2D eigenvalue weighted by Gasteiger charge is 2.39. The SMILES string of the molecule is O[C@H](CNCCN1CCN(C[C@@H](O)c2cc(C(F)(F)F)nc3c(C(F)(F)F)cccc23)CC1)c1cc(C(F)(F)F)nc2c(C(F)(F)F)cccc12. The van der Waals surface area contributed by atoms with E-state index in [1.807, 2.05) is 4.90 Å². The van der Waals surface area contributed by atoms with Crippen molar-refractivity contribution in [2.75, 3.05) is 52.4 Å². The van der Waals surface area contributed by atoms with Gasteiger partial charge in [-0.25, -0.2) is 9.97 Å². The highest BCUT2D eigenvalue weighted by molar-refractivity contribution is 5.87. The summed E-state index contributed by atoms with van der Waals surface area (Å²) in [5.41, 5.74) is -8.54. The zero-order valence-electron chi connectivity index (χ0n) is 26.1. The highest BCUT2D eigenvalue weighted by atomic mass is 19.4.